The summed E-state index contributed by atoms with van der Waals surface area (Å²) in [7, 11) is -3.81. The number of aromatic nitrogens is 1. The van der Waals surface area contributed by atoms with Crippen LogP contribution in [0.15, 0.2) is 47.4 Å². The Kier molecular flexibility index (Phi) is 7.65. The third kappa shape index (κ3) is 5.91. The van der Waals surface area contributed by atoms with Gasteiger partial charge in [0.05, 0.1) is 28.3 Å². The van der Waals surface area contributed by atoms with Gasteiger partial charge in [-0.15, -0.1) is 0 Å². The number of nitrogens with zero attached hydrogens (tertiary/aromatic N) is 3. The van der Waals surface area contributed by atoms with E-state index in [0.29, 0.717) is 36.3 Å². The van der Waals surface area contributed by atoms with Gasteiger partial charge < -0.3 is 4.74 Å². The van der Waals surface area contributed by atoms with Gasteiger partial charge in [-0.05, 0) is 49.2 Å². The van der Waals surface area contributed by atoms with Crippen LogP contribution < -0.4 is 4.90 Å². The second-order valence-electron chi connectivity index (χ2n) is 7.98. The summed E-state index contributed by atoms with van der Waals surface area (Å²) in [6.45, 7) is 6.31. The predicted molar refractivity (Wildman–Crippen MR) is 132 cm³/mol. The second-order valence-corrected chi connectivity index (χ2v) is 11.4. The number of morpholine rings is 1. The van der Waals surface area contributed by atoms with E-state index in [1.807, 2.05) is 25.1 Å². The van der Waals surface area contributed by atoms with Crippen LogP contribution >= 0.6 is 22.9 Å². The molecule has 2 aromatic carbocycles. The van der Waals surface area contributed by atoms with Gasteiger partial charge in [-0.2, -0.15) is 0 Å². The van der Waals surface area contributed by atoms with Crippen LogP contribution in [0.4, 0.5) is 5.13 Å². The Hall–Kier alpha value is -2.04. The van der Waals surface area contributed by atoms with Crippen molar-refractivity contribution in [2.45, 2.75) is 18.2 Å². The fourth-order valence-electron chi connectivity index (χ4n) is 3.76. The maximum Gasteiger partial charge on any atom is 0.244 e. The number of benzene rings is 2. The van der Waals surface area contributed by atoms with E-state index >= 15 is 0 Å². The van der Waals surface area contributed by atoms with E-state index in [1.165, 1.54) is 40.5 Å². The van der Waals surface area contributed by atoms with Crippen LogP contribution in [0.2, 0.25) is 5.02 Å². The summed E-state index contributed by atoms with van der Waals surface area (Å²) in [4.78, 5) is 21.9. The van der Waals surface area contributed by atoms with Gasteiger partial charge in [0.1, 0.15) is 5.75 Å². The molecular weight excluding hydrogens is 482 g/mol. The number of sulfone groups is 1. The largest absolute Gasteiger partial charge is 0.379 e. The first-order valence-corrected chi connectivity index (χ1v) is 13.6. The van der Waals surface area contributed by atoms with Gasteiger partial charge in [0, 0.05) is 31.2 Å². The zero-order valence-electron chi connectivity index (χ0n) is 18.4. The zero-order chi connectivity index (χ0) is 23.4. The Morgan fingerprint density at radius 1 is 1.18 bits per heavy atom. The van der Waals surface area contributed by atoms with E-state index in [2.05, 4.69) is 4.90 Å². The lowest BCUT2D eigenvalue weighted by Gasteiger charge is -2.27. The second kappa shape index (κ2) is 10.5. The molecule has 0 spiro atoms. The Bertz CT molecular complexity index is 1220. The van der Waals surface area contributed by atoms with Crippen LogP contribution in [-0.4, -0.2) is 69.4 Å². The standard InChI is InChI=1S/C23H26ClN3O4S2/c1-17-4-2-5-20-22(17)25-23(32-20)27(11-3-10-26-12-14-31-15-13-26)21(28)16-33(29,30)19-8-6-18(24)7-9-19/h2,4-9H,3,10-16H2,1H3. The molecule has 4 rings (SSSR count). The third-order valence-electron chi connectivity index (χ3n) is 5.59. The lowest BCUT2D eigenvalue weighted by molar-refractivity contribution is -0.116. The monoisotopic (exact) mass is 507 g/mol. The molecule has 0 unspecified atom stereocenters. The Balaban J connectivity index is 1.55. The molecule has 1 aromatic heterocycles. The Morgan fingerprint density at radius 3 is 2.61 bits per heavy atom. The summed E-state index contributed by atoms with van der Waals surface area (Å²) in [5.41, 5.74) is 1.86. The molecule has 0 N–H and O–H groups in total. The number of carbonyl (C=O) groups excluding carboxylic acids is 1. The number of fused-ring (bicyclic) bond motifs is 1. The summed E-state index contributed by atoms with van der Waals surface area (Å²) >= 11 is 7.29. The molecule has 176 valence electrons. The van der Waals surface area contributed by atoms with E-state index in [4.69, 9.17) is 21.3 Å². The third-order valence-corrected chi connectivity index (χ3v) is 8.50. The number of ether oxygens (including phenoxy) is 1. The summed E-state index contributed by atoms with van der Waals surface area (Å²) in [6.07, 6.45) is 0.710. The number of hydrogen-bond acceptors (Lipinski definition) is 7. The summed E-state index contributed by atoms with van der Waals surface area (Å²) in [6, 6.07) is 11.8. The number of aryl methyl sites for hydroxylation is 1. The molecule has 1 aliphatic heterocycles. The molecule has 10 heteroatoms. The number of thiazole rings is 1. The molecule has 0 aliphatic carbocycles. The van der Waals surface area contributed by atoms with E-state index in [9.17, 15) is 13.2 Å². The first kappa shape index (κ1) is 24.1. The van der Waals surface area contributed by atoms with Crippen molar-refractivity contribution < 1.29 is 17.9 Å². The number of anilines is 1. The average molecular weight is 508 g/mol. The van der Waals surface area contributed by atoms with Gasteiger partial charge in [0.15, 0.2) is 15.0 Å². The van der Waals surface area contributed by atoms with Crippen molar-refractivity contribution in [1.82, 2.24) is 9.88 Å². The van der Waals surface area contributed by atoms with Crippen LogP contribution in [0.3, 0.4) is 0 Å². The fourth-order valence-corrected chi connectivity index (χ4v) is 6.17. The number of para-hydroxylation sites is 1. The normalized spacial score (nSPS) is 15.1. The average Bonchev–Trinajstić information content (AvgIpc) is 3.22. The quantitative estimate of drug-likeness (QED) is 0.461. The molecule has 0 atom stereocenters. The number of rotatable bonds is 8. The number of halogens is 1. The highest BCUT2D eigenvalue weighted by Crippen LogP contribution is 2.31. The SMILES string of the molecule is Cc1cccc2sc(N(CCCN3CCOCC3)C(=O)CS(=O)(=O)c3ccc(Cl)cc3)nc12. The van der Waals surface area contributed by atoms with Crippen molar-refractivity contribution in [2.24, 2.45) is 0 Å². The number of hydrogen-bond donors (Lipinski definition) is 0. The molecule has 0 saturated carbocycles. The van der Waals surface area contributed by atoms with Gasteiger partial charge >= 0.3 is 0 Å². The van der Waals surface area contributed by atoms with Gasteiger partial charge in [-0.3, -0.25) is 14.6 Å². The first-order valence-electron chi connectivity index (χ1n) is 10.8. The topological polar surface area (TPSA) is 79.8 Å². The number of amides is 1. The lowest BCUT2D eigenvalue weighted by Crippen LogP contribution is -2.40. The fraction of sp³-hybridized carbons (Fsp3) is 0.391. The van der Waals surface area contributed by atoms with E-state index in [1.54, 1.807) is 0 Å². The summed E-state index contributed by atoms with van der Waals surface area (Å²) < 4.78 is 32.2. The van der Waals surface area contributed by atoms with E-state index in [-0.39, 0.29) is 4.90 Å². The molecule has 3 aromatic rings. The molecule has 2 heterocycles. The molecule has 1 fully saturated rings. The molecule has 1 saturated heterocycles. The van der Waals surface area contributed by atoms with E-state index < -0.39 is 21.5 Å². The van der Waals surface area contributed by atoms with Crippen LogP contribution in [0.1, 0.15) is 12.0 Å². The van der Waals surface area contributed by atoms with Gasteiger partial charge in [-0.25, -0.2) is 13.4 Å². The van der Waals surface area contributed by atoms with Crippen LogP contribution in [0, 0.1) is 6.92 Å². The first-order chi connectivity index (χ1) is 15.8. The van der Waals surface area contributed by atoms with Crippen molar-refractivity contribution in [3.63, 3.8) is 0 Å². The summed E-state index contributed by atoms with van der Waals surface area (Å²) in [5, 5.41) is 0.965. The maximum absolute atomic E-state index is 13.3. The molecule has 1 amide bonds. The molecule has 0 bridgehead atoms. The lowest BCUT2D eigenvalue weighted by atomic mass is 10.2. The smallest absolute Gasteiger partial charge is 0.244 e. The van der Waals surface area contributed by atoms with Crippen LogP contribution in [-0.2, 0) is 19.4 Å². The highest BCUT2D eigenvalue weighted by molar-refractivity contribution is 7.92. The van der Waals surface area contributed by atoms with Gasteiger partial charge in [-0.1, -0.05) is 35.1 Å². The Labute approximate surface area is 202 Å². The molecular formula is C23H26ClN3O4S2. The van der Waals surface area contributed by atoms with Crippen LogP contribution in [0.5, 0.6) is 0 Å². The number of carbonyl (C=O) groups is 1. The molecule has 33 heavy (non-hydrogen) atoms. The van der Waals surface area contributed by atoms with Gasteiger partial charge in [0.2, 0.25) is 5.91 Å². The van der Waals surface area contributed by atoms with Crippen molar-refractivity contribution in [3.8, 4) is 0 Å². The highest BCUT2D eigenvalue weighted by Gasteiger charge is 2.27. The maximum atomic E-state index is 13.3. The van der Waals surface area contributed by atoms with Crippen molar-refractivity contribution in [2.75, 3.05) is 50.0 Å². The Morgan fingerprint density at radius 2 is 1.91 bits per heavy atom. The van der Waals surface area contributed by atoms with Crippen LogP contribution in [0.25, 0.3) is 10.2 Å². The molecule has 1 aliphatic rings. The zero-order valence-corrected chi connectivity index (χ0v) is 20.8. The van der Waals surface area contributed by atoms with E-state index in [0.717, 1.165) is 35.4 Å². The van der Waals surface area contributed by atoms with Gasteiger partial charge in [0.25, 0.3) is 0 Å². The minimum absolute atomic E-state index is 0.0775. The highest BCUT2D eigenvalue weighted by atomic mass is 35.5. The van der Waals surface area contributed by atoms with Crippen molar-refractivity contribution in [1.29, 1.82) is 0 Å². The molecule has 0 radical (unpaired) electrons. The van der Waals surface area contributed by atoms with Crippen molar-refractivity contribution in [3.05, 3.63) is 53.1 Å². The van der Waals surface area contributed by atoms with Crippen molar-refractivity contribution >= 4 is 54.0 Å². The summed E-state index contributed by atoms with van der Waals surface area (Å²) in [5.74, 6) is -1.11. The minimum atomic E-state index is -3.81. The predicted octanol–water partition coefficient (Wildman–Crippen LogP) is 3.79. The minimum Gasteiger partial charge on any atom is -0.379 e. The molecule has 7 nitrogen and oxygen atoms in total.